The number of nitrogens with zero attached hydrogens (tertiary/aromatic N) is 3. The Labute approximate surface area is 121 Å². The van der Waals surface area contributed by atoms with Gasteiger partial charge in [0.2, 0.25) is 0 Å². The van der Waals surface area contributed by atoms with E-state index in [1.54, 1.807) is 23.1 Å². The van der Waals surface area contributed by atoms with Crippen molar-refractivity contribution >= 4 is 17.6 Å². The summed E-state index contributed by atoms with van der Waals surface area (Å²) in [6.07, 6.45) is 0. The Balaban J connectivity index is 1.97. The largest absolute Gasteiger partial charge is 0.321 e. The summed E-state index contributed by atoms with van der Waals surface area (Å²) in [6.45, 7) is 0.497. The molecule has 7 nitrogen and oxygen atoms in total. The number of amidine groups is 1. The highest BCUT2D eigenvalue weighted by atomic mass is 16.2. The lowest BCUT2D eigenvalue weighted by Crippen LogP contribution is -2.33. The minimum Gasteiger partial charge on any atom is -0.321 e. The first kappa shape index (κ1) is 13.1. The summed E-state index contributed by atoms with van der Waals surface area (Å²) in [5.74, 6) is 11.3. The summed E-state index contributed by atoms with van der Waals surface area (Å²) in [7, 11) is 0. The molecule has 3 rings (SSSR count). The van der Waals surface area contributed by atoms with E-state index >= 15 is 0 Å². The second kappa shape index (κ2) is 5.22. The van der Waals surface area contributed by atoms with Crippen molar-refractivity contribution in [3.8, 4) is 0 Å². The average molecular weight is 282 g/mol. The fraction of sp³-hybridized carbons (Fsp3) is 0.0714. The number of hydrogen-bond donors (Lipinski definition) is 3. The Morgan fingerprint density at radius 1 is 1.24 bits per heavy atom. The molecule has 0 bridgehead atoms. The van der Waals surface area contributed by atoms with Gasteiger partial charge < -0.3 is 11.3 Å². The SMILES string of the molecule is N/N=C(\NN)c1cccc(N2Cc3ccccc3C2=O)n1. The molecular formula is C14H14N6O. The lowest BCUT2D eigenvalue weighted by atomic mass is 10.1. The number of rotatable bonds is 2. The number of hydrazine groups is 1. The summed E-state index contributed by atoms with van der Waals surface area (Å²) >= 11 is 0. The number of nitrogens with two attached hydrogens (primary N) is 2. The van der Waals surface area contributed by atoms with Crippen LogP contribution in [-0.4, -0.2) is 16.7 Å². The van der Waals surface area contributed by atoms with Crippen LogP contribution in [0.4, 0.5) is 5.82 Å². The summed E-state index contributed by atoms with van der Waals surface area (Å²) in [5.41, 5.74) is 4.54. The number of benzene rings is 1. The molecule has 0 radical (unpaired) electrons. The molecule has 5 N–H and O–H groups in total. The molecular weight excluding hydrogens is 268 g/mol. The molecule has 2 heterocycles. The molecule has 2 aromatic rings. The predicted octanol–water partition coefficient (Wildman–Crippen LogP) is 0.326. The van der Waals surface area contributed by atoms with Crippen LogP contribution in [0.3, 0.4) is 0 Å². The normalized spacial score (nSPS) is 14.2. The number of pyridine rings is 1. The van der Waals surface area contributed by atoms with Crippen LogP contribution in [0.5, 0.6) is 0 Å². The van der Waals surface area contributed by atoms with Crippen LogP contribution in [0.1, 0.15) is 21.6 Å². The molecule has 1 aromatic carbocycles. The maximum absolute atomic E-state index is 12.4. The molecule has 0 spiro atoms. The van der Waals surface area contributed by atoms with E-state index in [-0.39, 0.29) is 11.7 Å². The molecule has 1 amide bonds. The summed E-state index contributed by atoms with van der Waals surface area (Å²) in [4.78, 5) is 18.4. The van der Waals surface area contributed by atoms with E-state index < -0.39 is 0 Å². The van der Waals surface area contributed by atoms with Gasteiger partial charge in [0.05, 0.1) is 6.54 Å². The van der Waals surface area contributed by atoms with E-state index in [1.165, 1.54) is 0 Å². The Hall–Kier alpha value is -2.93. The van der Waals surface area contributed by atoms with Gasteiger partial charge in [-0.3, -0.25) is 9.69 Å². The van der Waals surface area contributed by atoms with E-state index in [1.807, 2.05) is 24.3 Å². The van der Waals surface area contributed by atoms with Gasteiger partial charge in [-0.15, -0.1) is 0 Å². The van der Waals surface area contributed by atoms with E-state index in [9.17, 15) is 4.79 Å². The van der Waals surface area contributed by atoms with Crippen molar-refractivity contribution in [2.45, 2.75) is 6.54 Å². The maximum atomic E-state index is 12.4. The third kappa shape index (κ3) is 2.19. The number of aromatic nitrogens is 1. The van der Waals surface area contributed by atoms with E-state index in [4.69, 9.17) is 11.7 Å². The minimum absolute atomic E-state index is 0.0674. The van der Waals surface area contributed by atoms with Gasteiger partial charge in [0.1, 0.15) is 11.5 Å². The molecule has 0 saturated heterocycles. The molecule has 1 aromatic heterocycles. The zero-order chi connectivity index (χ0) is 14.8. The zero-order valence-corrected chi connectivity index (χ0v) is 11.2. The monoisotopic (exact) mass is 282 g/mol. The smallest absolute Gasteiger partial charge is 0.260 e. The van der Waals surface area contributed by atoms with Crippen LogP contribution in [0.2, 0.25) is 0 Å². The number of carbonyl (C=O) groups excluding carboxylic acids is 1. The number of nitrogens with one attached hydrogen (secondary N) is 1. The molecule has 1 aliphatic heterocycles. The third-order valence-electron chi connectivity index (χ3n) is 3.34. The molecule has 0 saturated carbocycles. The van der Waals surface area contributed by atoms with Crippen molar-refractivity contribution in [3.63, 3.8) is 0 Å². The fourth-order valence-corrected chi connectivity index (χ4v) is 2.32. The van der Waals surface area contributed by atoms with Crippen LogP contribution >= 0.6 is 0 Å². The lowest BCUT2D eigenvalue weighted by Gasteiger charge is -2.15. The Kier molecular flexibility index (Phi) is 3.25. The van der Waals surface area contributed by atoms with Gasteiger partial charge in [-0.1, -0.05) is 24.3 Å². The van der Waals surface area contributed by atoms with Crippen LogP contribution in [0.15, 0.2) is 47.6 Å². The van der Waals surface area contributed by atoms with Crippen molar-refractivity contribution < 1.29 is 4.79 Å². The summed E-state index contributed by atoms with van der Waals surface area (Å²) < 4.78 is 0. The highest BCUT2D eigenvalue weighted by molar-refractivity contribution is 6.09. The van der Waals surface area contributed by atoms with Gasteiger partial charge in [0, 0.05) is 5.56 Å². The minimum atomic E-state index is -0.0674. The molecule has 21 heavy (non-hydrogen) atoms. The quantitative estimate of drug-likeness (QED) is 0.318. The second-order valence-corrected chi connectivity index (χ2v) is 4.55. The van der Waals surface area contributed by atoms with Gasteiger partial charge in [-0.25, -0.2) is 10.8 Å². The zero-order valence-electron chi connectivity index (χ0n) is 11.2. The van der Waals surface area contributed by atoms with Crippen molar-refractivity contribution in [1.82, 2.24) is 10.4 Å². The van der Waals surface area contributed by atoms with Crippen molar-refractivity contribution in [3.05, 3.63) is 59.3 Å². The Bertz CT molecular complexity index is 727. The lowest BCUT2D eigenvalue weighted by molar-refractivity contribution is 0.0996. The van der Waals surface area contributed by atoms with Crippen molar-refractivity contribution in [2.24, 2.45) is 16.8 Å². The first-order chi connectivity index (χ1) is 10.2. The van der Waals surface area contributed by atoms with Gasteiger partial charge in [-0.05, 0) is 23.8 Å². The van der Waals surface area contributed by atoms with Crippen LogP contribution in [0, 0.1) is 0 Å². The first-order valence-electron chi connectivity index (χ1n) is 6.36. The summed E-state index contributed by atoms with van der Waals surface area (Å²) in [5, 5.41) is 3.52. The maximum Gasteiger partial charge on any atom is 0.260 e. The topological polar surface area (TPSA) is 110 Å². The fourth-order valence-electron chi connectivity index (χ4n) is 2.32. The molecule has 0 aliphatic carbocycles. The summed E-state index contributed by atoms with van der Waals surface area (Å²) in [6, 6.07) is 12.8. The van der Waals surface area contributed by atoms with Gasteiger partial charge >= 0.3 is 0 Å². The van der Waals surface area contributed by atoms with Crippen LogP contribution < -0.4 is 22.0 Å². The predicted molar refractivity (Wildman–Crippen MR) is 79.2 cm³/mol. The highest BCUT2D eigenvalue weighted by Crippen LogP contribution is 2.26. The molecule has 1 aliphatic rings. The van der Waals surface area contributed by atoms with Gasteiger partial charge in [-0.2, -0.15) is 5.10 Å². The highest BCUT2D eigenvalue weighted by Gasteiger charge is 2.28. The average Bonchev–Trinajstić information content (AvgIpc) is 2.87. The van der Waals surface area contributed by atoms with E-state index in [0.717, 1.165) is 5.56 Å². The van der Waals surface area contributed by atoms with E-state index in [2.05, 4.69) is 15.5 Å². The van der Waals surface area contributed by atoms with Gasteiger partial charge in [0.15, 0.2) is 5.84 Å². The standard InChI is InChI=1S/C14H14N6O/c15-18-13(19-16)11-6-3-7-12(17-11)20-8-9-4-1-2-5-10(9)14(20)21/h1-7H,8,15-16H2,(H,18,19). The second-order valence-electron chi connectivity index (χ2n) is 4.55. The van der Waals surface area contributed by atoms with Crippen molar-refractivity contribution in [2.75, 3.05) is 4.90 Å². The van der Waals surface area contributed by atoms with Crippen molar-refractivity contribution in [1.29, 1.82) is 0 Å². The molecule has 7 heteroatoms. The third-order valence-corrected chi connectivity index (χ3v) is 3.34. The number of hydrogen-bond acceptors (Lipinski definition) is 5. The van der Waals surface area contributed by atoms with Gasteiger partial charge in [0.25, 0.3) is 5.91 Å². The Morgan fingerprint density at radius 3 is 2.76 bits per heavy atom. The van der Waals surface area contributed by atoms with Crippen LogP contribution in [0.25, 0.3) is 0 Å². The van der Waals surface area contributed by atoms with E-state index in [0.29, 0.717) is 23.6 Å². The number of carbonyl (C=O) groups is 1. The number of fused-ring (bicyclic) bond motifs is 1. The first-order valence-corrected chi connectivity index (χ1v) is 6.36. The molecule has 0 fully saturated rings. The van der Waals surface area contributed by atoms with Crippen LogP contribution in [-0.2, 0) is 6.54 Å². The molecule has 106 valence electrons. The number of amides is 1. The molecule has 0 unspecified atom stereocenters. The Morgan fingerprint density at radius 2 is 2.05 bits per heavy atom. The number of anilines is 1. The molecule has 0 atom stereocenters. The number of hydrazone groups is 1.